The molecule has 3 aromatic heterocycles. The van der Waals surface area contributed by atoms with Gasteiger partial charge in [0.1, 0.15) is 28.8 Å². The summed E-state index contributed by atoms with van der Waals surface area (Å²) in [6.07, 6.45) is -3.78. The zero-order valence-corrected chi connectivity index (χ0v) is 18.7. The van der Waals surface area contributed by atoms with Crippen molar-refractivity contribution in [1.82, 2.24) is 14.5 Å². The standard InChI is InChI=1S/C21H11ClF5N5O2S/c22-12-5-13(23)17(24)18-10(12)3-9(7-28)32(18)2-1-29-16-6-14(30-8-31-16)15-4-11(21(25,26)27)19(35-15)20(33)34/h3-6,8H,1-2H2,(H,33,34)(H,29,30,31). The molecule has 0 atom stereocenters. The fourth-order valence-electron chi connectivity index (χ4n) is 3.43. The van der Waals surface area contributed by atoms with E-state index in [1.165, 1.54) is 16.7 Å². The van der Waals surface area contributed by atoms with Crippen LogP contribution in [0.3, 0.4) is 0 Å². The highest BCUT2D eigenvalue weighted by Gasteiger charge is 2.37. The predicted molar refractivity (Wildman–Crippen MR) is 117 cm³/mol. The van der Waals surface area contributed by atoms with Crippen LogP contribution in [-0.2, 0) is 12.7 Å². The summed E-state index contributed by atoms with van der Waals surface area (Å²) in [6, 6.07) is 6.05. The summed E-state index contributed by atoms with van der Waals surface area (Å²) in [4.78, 5) is 18.2. The van der Waals surface area contributed by atoms with E-state index in [0.717, 1.165) is 12.4 Å². The molecule has 0 amide bonds. The van der Waals surface area contributed by atoms with Crippen molar-refractivity contribution in [2.75, 3.05) is 11.9 Å². The molecule has 14 heteroatoms. The number of aromatic nitrogens is 3. The summed E-state index contributed by atoms with van der Waals surface area (Å²) in [5, 5.41) is 21.5. The van der Waals surface area contributed by atoms with Gasteiger partial charge in [-0.05, 0) is 18.2 Å². The van der Waals surface area contributed by atoms with Crippen LogP contribution in [0.15, 0.2) is 30.6 Å². The third kappa shape index (κ3) is 4.62. The van der Waals surface area contributed by atoms with Crippen LogP contribution in [0.4, 0.5) is 27.8 Å². The summed E-state index contributed by atoms with van der Waals surface area (Å²) in [6.45, 7) is 0.0456. The highest BCUT2D eigenvalue weighted by molar-refractivity contribution is 7.17. The van der Waals surface area contributed by atoms with E-state index in [1.54, 1.807) is 0 Å². The number of carboxylic acid groups (broad SMARTS) is 1. The maximum Gasteiger partial charge on any atom is 0.418 e. The van der Waals surface area contributed by atoms with Gasteiger partial charge in [-0.2, -0.15) is 18.4 Å². The number of carboxylic acids is 1. The second-order valence-corrected chi connectivity index (χ2v) is 8.54. The molecule has 0 fully saturated rings. The van der Waals surface area contributed by atoms with Crippen molar-refractivity contribution < 1.29 is 31.9 Å². The zero-order valence-electron chi connectivity index (χ0n) is 17.1. The number of thiophene rings is 1. The zero-order chi connectivity index (χ0) is 25.5. The summed E-state index contributed by atoms with van der Waals surface area (Å²) in [5.74, 6) is -3.87. The Morgan fingerprint density at radius 2 is 1.97 bits per heavy atom. The van der Waals surface area contributed by atoms with Crippen molar-refractivity contribution in [2.45, 2.75) is 12.7 Å². The van der Waals surface area contributed by atoms with Gasteiger partial charge in [0, 0.05) is 24.5 Å². The first-order valence-corrected chi connectivity index (χ1v) is 10.8. The number of fused-ring (bicyclic) bond motifs is 1. The quantitative estimate of drug-likeness (QED) is 0.243. The number of nitrogens with one attached hydrogen (secondary N) is 1. The normalized spacial score (nSPS) is 11.6. The molecule has 0 bridgehead atoms. The molecule has 0 aliphatic heterocycles. The Balaban J connectivity index is 1.59. The minimum atomic E-state index is -4.85. The molecular formula is C21H11ClF5N5O2S. The van der Waals surface area contributed by atoms with E-state index in [1.807, 2.05) is 6.07 Å². The number of benzene rings is 1. The average molecular weight is 528 g/mol. The van der Waals surface area contributed by atoms with Gasteiger partial charge in [0.15, 0.2) is 11.6 Å². The molecule has 3 heterocycles. The molecule has 4 aromatic rings. The highest BCUT2D eigenvalue weighted by atomic mass is 35.5. The Morgan fingerprint density at radius 3 is 2.60 bits per heavy atom. The Morgan fingerprint density at radius 1 is 1.23 bits per heavy atom. The van der Waals surface area contributed by atoms with E-state index in [-0.39, 0.29) is 51.1 Å². The molecule has 35 heavy (non-hydrogen) atoms. The number of anilines is 1. The summed E-state index contributed by atoms with van der Waals surface area (Å²) in [5.41, 5.74) is -1.38. The lowest BCUT2D eigenvalue weighted by Crippen LogP contribution is -2.13. The van der Waals surface area contributed by atoms with Crippen molar-refractivity contribution in [3.8, 4) is 16.6 Å². The van der Waals surface area contributed by atoms with Crippen molar-refractivity contribution in [3.05, 3.63) is 63.4 Å². The van der Waals surface area contributed by atoms with E-state index < -0.39 is 34.2 Å². The second-order valence-electron chi connectivity index (χ2n) is 7.08. The van der Waals surface area contributed by atoms with Crippen molar-refractivity contribution in [2.24, 2.45) is 0 Å². The molecule has 180 valence electrons. The van der Waals surface area contributed by atoms with Crippen molar-refractivity contribution in [1.29, 1.82) is 5.26 Å². The number of nitrogens with zero attached hydrogens (tertiary/aromatic N) is 4. The van der Waals surface area contributed by atoms with Gasteiger partial charge in [0.25, 0.3) is 0 Å². The minimum Gasteiger partial charge on any atom is -0.477 e. The Bertz CT molecular complexity index is 1510. The fourth-order valence-corrected chi connectivity index (χ4v) is 4.65. The van der Waals surface area contributed by atoms with E-state index in [2.05, 4.69) is 15.3 Å². The molecule has 0 spiro atoms. The van der Waals surface area contributed by atoms with Crippen LogP contribution in [0.25, 0.3) is 21.5 Å². The predicted octanol–water partition coefficient (Wildman–Crippen LogP) is 5.79. The third-order valence-corrected chi connectivity index (χ3v) is 6.39. The van der Waals surface area contributed by atoms with Gasteiger partial charge >= 0.3 is 12.1 Å². The van der Waals surface area contributed by atoms with Gasteiger partial charge in [0.2, 0.25) is 0 Å². The number of halogens is 6. The maximum atomic E-state index is 14.4. The van der Waals surface area contributed by atoms with E-state index in [4.69, 9.17) is 16.7 Å². The molecule has 0 saturated carbocycles. The van der Waals surface area contributed by atoms with E-state index in [9.17, 15) is 32.0 Å². The summed E-state index contributed by atoms with van der Waals surface area (Å²) >= 11 is 6.40. The smallest absolute Gasteiger partial charge is 0.418 e. The van der Waals surface area contributed by atoms with Crippen LogP contribution in [-0.4, -0.2) is 32.2 Å². The minimum absolute atomic E-state index is 0.0111. The monoisotopic (exact) mass is 527 g/mol. The summed E-state index contributed by atoms with van der Waals surface area (Å²) in [7, 11) is 0. The molecule has 0 radical (unpaired) electrons. The number of nitriles is 1. The van der Waals surface area contributed by atoms with Crippen LogP contribution in [0.1, 0.15) is 20.9 Å². The third-order valence-electron chi connectivity index (χ3n) is 4.93. The molecule has 7 nitrogen and oxygen atoms in total. The highest BCUT2D eigenvalue weighted by Crippen LogP contribution is 2.40. The van der Waals surface area contributed by atoms with Crippen LogP contribution in [0.5, 0.6) is 0 Å². The largest absolute Gasteiger partial charge is 0.477 e. The molecular weight excluding hydrogens is 517 g/mol. The van der Waals surface area contributed by atoms with Gasteiger partial charge in [-0.1, -0.05) is 11.6 Å². The number of hydrogen-bond donors (Lipinski definition) is 2. The van der Waals surface area contributed by atoms with E-state index in [0.29, 0.717) is 17.4 Å². The lowest BCUT2D eigenvalue weighted by atomic mass is 10.2. The van der Waals surface area contributed by atoms with Gasteiger partial charge < -0.3 is 15.0 Å². The Labute approximate surface area is 202 Å². The van der Waals surface area contributed by atoms with Crippen LogP contribution >= 0.6 is 22.9 Å². The molecule has 0 aliphatic rings. The second kappa shape index (κ2) is 9.12. The Kier molecular flexibility index (Phi) is 6.35. The van der Waals surface area contributed by atoms with Crippen LogP contribution in [0.2, 0.25) is 5.02 Å². The van der Waals surface area contributed by atoms with Gasteiger partial charge in [-0.3, -0.25) is 0 Å². The number of alkyl halides is 3. The fraction of sp³-hybridized carbons (Fsp3) is 0.143. The molecule has 2 N–H and O–H groups in total. The van der Waals surface area contributed by atoms with Crippen LogP contribution < -0.4 is 5.32 Å². The number of carbonyl (C=O) groups is 1. The first-order chi connectivity index (χ1) is 16.5. The molecule has 0 unspecified atom stereocenters. The average Bonchev–Trinajstić information content (AvgIpc) is 3.41. The maximum absolute atomic E-state index is 14.4. The topological polar surface area (TPSA) is 104 Å². The van der Waals surface area contributed by atoms with Crippen molar-refractivity contribution >= 4 is 45.6 Å². The summed E-state index contributed by atoms with van der Waals surface area (Å²) < 4.78 is 69.1. The lowest BCUT2D eigenvalue weighted by Gasteiger charge is -2.10. The molecule has 0 aliphatic carbocycles. The molecule has 0 saturated heterocycles. The SMILES string of the molecule is N#Cc1cc2c(Cl)cc(F)c(F)c2n1CCNc1cc(-c2cc(C(F)(F)F)c(C(=O)O)s2)ncn1. The number of aromatic carboxylic acids is 1. The molecule has 4 rings (SSSR count). The lowest BCUT2D eigenvalue weighted by molar-refractivity contribution is -0.137. The molecule has 1 aromatic carbocycles. The van der Waals surface area contributed by atoms with Crippen molar-refractivity contribution in [3.63, 3.8) is 0 Å². The van der Waals surface area contributed by atoms with E-state index >= 15 is 0 Å². The Hall–Kier alpha value is -3.76. The first kappa shape index (κ1) is 24.4. The number of rotatable bonds is 6. The number of hydrogen-bond acceptors (Lipinski definition) is 6. The first-order valence-electron chi connectivity index (χ1n) is 9.58. The van der Waals surface area contributed by atoms with Crippen LogP contribution in [0, 0.1) is 23.0 Å². The van der Waals surface area contributed by atoms with Gasteiger partial charge in [-0.15, -0.1) is 11.3 Å². The van der Waals surface area contributed by atoms with Gasteiger partial charge in [0.05, 0.1) is 26.7 Å². The van der Waals surface area contributed by atoms with Gasteiger partial charge in [-0.25, -0.2) is 23.5 Å².